The maximum absolute atomic E-state index is 10.1. The fourth-order valence-electron chi connectivity index (χ4n) is 1.67. The summed E-state index contributed by atoms with van der Waals surface area (Å²) in [5, 5.41) is 20.2. The molecule has 1 atom stereocenters. The van der Waals surface area contributed by atoms with Crippen LogP contribution >= 0.6 is 23.2 Å². The number of hydrogen-bond acceptors (Lipinski definition) is 3. The van der Waals surface area contributed by atoms with E-state index in [1.807, 2.05) is 6.07 Å². The van der Waals surface area contributed by atoms with Crippen LogP contribution in [0.25, 0.3) is 0 Å². The van der Waals surface area contributed by atoms with Crippen molar-refractivity contribution in [3.8, 4) is 5.75 Å². The van der Waals surface area contributed by atoms with Gasteiger partial charge in [-0.05, 0) is 23.8 Å². The highest BCUT2D eigenvalue weighted by Crippen LogP contribution is 2.26. The van der Waals surface area contributed by atoms with Crippen molar-refractivity contribution >= 4 is 23.2 Å². The fraction of sp³-hybridized carbons (Fsp3) is 0.154. The van der Waals surface area contributed by atoms with Gasteiger partial charge in [0.1, 0.15) is 11.9 Å². The highest BCUT2D eigenvalue weighted by atomic mass is 35.5. The van der Waals surface area contributed by atoms with E-state index in [0.717, 1.165) is 5.56 Å². The lowest BCUT2D eigenvalue weighted by atomic mass is 10.0. The SMILES string of the molecule is Oc1cccc(CC(O)c2ncc(Cl)cc2Cl)c1. The summed E-state index contributed by atoms with van der Waals surface area (Å²) in [6.07, 6.45) is 0.925. The molecule has 0 radical (unpaired) electrons. The topological polar surface area (TPSA) is 53.4 Å². The maximum atomic E-state index is 10.1. The van der Waals surface area contributed by atoms with Crippen molar-refractivity contribution in [3.05, 3.63) is 57.8 Å². The predicted octanol–water partition coefficient (Wildman–Crippen LogP) is 3.37. The minimum Gasteiger partial charge on any atom is -0.508 e. The number of benzene rings is 1. The first-order chi connectivity index (χ1) is 8.56. The van der Waals surface area contributed by atoms with E-state index in [0.29, 0.717) is 22.2 Å². The van der Waals surface area contributed by atoms with Gasteiger partial charge in [0.25, 0.3) is 0 Å². The number of aromatic nitrogens is 1. The number of phenols is 1. The van der Waals surface area contributed by atoms with E-state index in [-0.39, 0.29) is 5.75 Å². The lowest BCUT2D eigenvalue weighted by Gasteiger charge is -2.12. The first-order valence-corrected chi connectivity index (χ1v) is 6.09. The van der Waals surface area contributed by atoms with Crippen LogP contribution < -0.4 is 0 Å². The highest BCUT2D eigenvalue weighted by molar-refractivity contribution is 6.34. The van der Waals surface area contributed by atoms with E-state index in [1.54, 1.807) is 18.2 Å². The van der Waals surface area contributed by atoms with Crippen LogP contribution in [0.15, 0.2) is 36.5 Å². The average Bonchev–Trinajstić information content (AvgIpc) is 2.28. The van der Waals surface area contributed by atoms with Gasteiger partial charge in [0.05, 0.1) is 15.7 Å². The average molecular weight is 284 g/mol. The van der Waals surface area contributed by atoms with Gasteiger partial charge in [-0.15, -0.1) is 0 Å². The van der Waals surface area contributed by atoms with E-state index >= 15 is 0 Å². The van der Waals surface area contributed by atoms with Crippen LogP contribution in [0.2, 0.25) is 10.0 Å². The molecule has 0 saturated heterocycles. The molecule has 1 aromatic heterocycles. The molecule has 1 heterocycles. The van der Waals surface area contributed by atoms with Gasteiger partial charge in [0.2, 0.25) is 0 Å². The fourth-order valence-corrected chi connectivity index (χ4v) is 2.18. The van der Waals surface area contributed by atoms with Gasteiger partial charge in [0.15, 0.2) is 0 Å². The van der Waals surface area contributed by atoms with E-state index < -0.39 is 6.10 Å². The van der Waals surface area contributed by atoms with E-state index in [4.69, 9.17) is 23.2 Å². The molecule has 3 nitrogen and oxygen atoms in total. The van der Waals surface area contributed by atoms with Gasteiger partial charge < -0.3 is 10.2 Å². The number of halogens is 2. The molecule has 0 saturated carbocycles. The Morgan fingerprint density at radius 2 is 2.00 bits per heavy atom. The Balaban J connectivity index is 2.19. The van der Waals surface area contributed by atoms with E-state index in [2.05, 4.69) is 4.98 Å². The van der Waals surface area contributed by atoms with Crippen LogP contribution in [0.3, 0.4) is 0 Å². The zero-order chi connectivity index (χ0) is 13.1. The second kappa shape index (κ2) is 5.57. The molecule has 2 N–H and O–H groups in total. The number of nitrogens with zero attached hydrogens (tertiary/aromatic N) is 1. The summed E-state index contributed by atoms with van der Waals surface area (Å²) in [5.41, 5.74) is 1.18. The quantitative estimate of drug-likeness (QED) is 0.908. The second-order valence-electron chi connectivity index (χ2n) is 3.91. The van der Waals surface area contributed by atoms with Crippen LogP contribution in [0.1, 0.15) is 17.4 Å². The zero-order valence-electron chi connectivity index (χ0n) is 9.35. The number of phenolic OH excluding ortho intramolecular Hbond substituents is 1. The Bertz CT molecular complexity index is 560. The first kappa shape index (κ1) is 13.1. The van der Waals surface area contributed by atoms with E-state index in [9.17, 15) is 10.2 Å². The monoisotopic (exact) mass is 283 g/mol. The third-order valence-corrected chi connectivity index (χ3v) is 3.00. The summed E-state index contributed by atoms with van der Waals surface area (Å²) in [7, 11) is 0. The minimum atomic E-state index is -0.837. The van der Waals surface area contributed by atoms with Crippen LogP contribution in [0.5, 0.6) is 5.75 Å². The Morgan fingerprint density at radius 3 is 2.67 bits per heavy atom. The second-order valence-corrected chi connectivity index (χ2v) is 4.75. The minimum absolute atomic E-state index is 0.162. The maximum Gasteiger partial charge on any atom is 0.115 e. The van der Waals surface area contributed by atoms with Crippen molar-refractivity contribution in [1.82, 2.24) is 4.98 Å². The third-order valence-electron chi connectivity index (χ3n) is 2.49. The summed E-state index contributed by atoms with van der Waals surface area (Å²) in [4.78, 5) is 4.02. The number of aliphatic hydroxyl groups is 1. The van der Waals surface area contributed by atoms with Gasteiger partial charge in [-0.1, -0.05) is 35.3 Å². The van der Waals surface area contributed by atoms with Gasteiger partial charge in [-0.3, -0.25) is 4.98 Å². The van der Waals surface area contributed by atoms with Crippen molar-refractivity contribution in [2.45, 2.75) is 12.5 Å². The van der Waals surface area contributed by atoms with Crippen LogP contribution in [0, 0.1) is 0 Å². The standard InChI is InChI=1S/C13H11Cl2NO2/c14-9-6-11(15)13(16-7-9)12(18)5-8-2-1-3-10(17)4-8/h1-4,6-7,12,17-18H,5H2. The van der Waals surface area contributed by atoms with Crippen molar-refractivity contribution in [2.75, 3.05) is 0 Å². The van der Waals surface area contributed by atoms with Gasteiger partial charge in [0, 0.05) is 12.6 Å². The summed E-state index contributed by atoms with van der Waals surface area (Å²) < 4.78 is 0. The Hall–Kier alpha value is -1.29. The largest absolute Gasteiger partial charge is 0.508 e. The number of aromatic hydroxyl groups is 1. The predicted molar refractivity (Wildman–Crippen MR) is 71.0 cm³/mol. The Morgan fingerprint density at radius 1 is 1.22 bits per heavy atom. The summed E-state index contributed by atoms with van der Waals surface area (Å²) in [6.45, 7) is 0. The molecule has 0 aliphatic carbocycles. The normalized spacial score (nSPS) is 12.4. The summed E-state index contributed by atoms with van der Waals surface area (Å²) >= 11 is 11.7. The molecule has 5 heteroatoms. The number of pyridine rings is 1. The molecule has 2 aromatic rings. The van der Waals surface area contributed by atoms with Gasteiger partial charge in [-0.2, -0.15) is 0 Å². The van der Waals surface area contributed by atoms with Crippen molar-refractivity contribution in [2.24, 2.45) is 0 Å². The molecular weight excluding hydrogens is 273 g/mol. The third kappa shape index (κ3) is 3.13. The molecule has 0 spiro atoms. The molecule has 0 bridgehead atoms. The van der Waals surface area contributed by atoms with Crippen LogP contribution in [-0.2, 0) is 6.42 Å². The van der Waals surface area contributed by atoms with E-state index in [1.165, 1.54) is 12.3 Å². The van der Waals surface area contributed by atoms with Crippen LogP contribution in [0.4, 0.5) is 0 Å². The van der Waals surface area contributed by atoms with Crippen molar-refractivity contribution in [3.63, 3.8) is 0 Å². The molecule has 0 fully saturated rings. The summed E-state index contributed by atoms with van der Waals surface area (Å²) in [6, 6.07) is 8.23. The van der Waals surface area contributed by atoms with Crippen LogP contribution in [-0.4, -0.2) is 15.2 Å². The van der Waals surface area contributed by atoms with Gasteiger partial charge in [-0.25, -0.2) is 0 Å². The number of aliphatic hydroxyl groups excluding tert-OH is 1. The smallest absolute Gasteiger partial charge is 0.115 e. The van der Waals surface area contributed by atoms with Crippen molar-refractivity contribution in [1.29, 1.82) is 0 Å². The van der Waals surface area contributed by atoms with Gasteiger partial charge >= 0.3 is 0 Å². The molecule has 0 aliphatic heterocycles. The lowest BCUT2D eigenvalue weighted by Crippen LogP contribution is -2.05. The molecule has 18 heavy (non-hydrogen) atoms. The summed E-state index contributed by atoms with van der Waals surface area (Å²) in [5.74, 6) is 0.162. The molecule has 94 valence electrons. The first-order valence-electron chi connectivity index (χ1n) is 5.33. The molecule has 1 unspecified atom stereocenters. The molecule has 0 amide bonds. The number of hydrogen-bond donors (Lipinski definition) is 2. The molecule has 0 aliphatic rings. The molecule has 2 rings (SSSR count). The van der Waals surface area contributed by atoms with Crippen molar-refractivity contribution < 1.29 is 10.2 Å². The molecular formula is C13H11Cl2NO2. The Kier molecular flexibility index (Phi) is 4.07. The Labute approximate surface area is 115 Å². The zero-order valence-corrected chi connectivity index (χ0v) is 10.9. The molecule has 1 aromatic carbocycles. The lowest BCUT2D eigenvalue weighted by molar-refractivity contribution is 0.173. The highest BCUT2D eigenvalue weighted by Gasteiger charge is 2.14. The number of rotatable bonds is 3.